The predicted molar refractivity (Wildman–Crippen MR) is 86.8 cm³/mol. The number of hydrogen-bond donors (Lipinski definition) is 1. The van der Waals surface area contributed by atoms with Crippen LogP contribution in [-0.4, -0.2) is 13.2 Å². The number of hydrogen-bond acceptors (Lipinski definition) is 3. The van der Waals surface area contributed by atoms with Crippen LogP contribution in [0.25, 0.3) is 0 Å². The van der Waals surface area contributed by atoms with Crippen molar-refractivity contribution >= 4 is 11.3 Å². The average Bonchev–Trinajstić information content (AvgIpc) is 2.94. The molecule has 0 bridgehead atoms. The lowest BCUT2D eigenvalue weighted by Crippen LogP contribution is -2.17. The van der Waals surface area contributed by atoms with E-state index in [4.69, 9.17) is 4.74 Å². The lowest BCUT2D eigenvalue weighted by Gasteiger charge is -2.15. The zero-order chi connectivity index (χ0) is 14.4. The minimum absolute atomic E-state index is 0.388. The summed E-state index contributed by atoms with van der Waals surface area (Å²) in [7, 11) is 0. The topological polar surface area (TPSA) is 21.3 Å². The lowest BCUT2D eigenvalue weighted by atomic mass is 10.1. The van der Waals surface area contributed by atoms with Gasteiger partial charge in [-0.3, -0.25) is 0 Å². The highest BCUT2D eigenvalue weighted by atomic mass is 32.1. The summed E-state index contributed by atoms with van der Waals surface area (Å²) in [6.45, 7) is 8.16. The summed E-state index contributed by atoms with van der Waals surface area (Å²) >= 11 is 1.79. The summed E-state index contributed by atoms with van der Waals surface area (Å²) in [6.07, 6.45) is 0.979. The van der Waals surface area contributed by atoms with Crippen LogP contribution in [0.3, 0.4) is 0 Å². The summed E-state index contributed by atoms with van der Waals surface area (Å²) in [4.78, 5) is 1.38. The van der Waals surface area contributed by atoms with Crippen LogP contribution in [-0.2, 0) is 6.42 Å². The fourth-order valence-corrected chi connectivity index (χ4v) is 2.93. The van der Waals surface area contributed by atoms with Crippen LogP contribution >= 0.6 is 11.3 Å². The molecule has 1 aromatic carbocycles. The number of thiophene rings is 1. The molecule has 1 atom stereocenters. The van der Waals surface area contributed by atoms with Crippen LogP contribution in [0.15, 0.2) is 35.7 Å². The van der Waals surface area contributed by atoms with Crippen LogP contribution in [0.2, 0.25) is 0 Å². The highest BCUT2D eigenvalue weighted by molar-refractivity contribution is 7.09. The van der Waals surface area contributed by atoms with E-state index in [2.05, 4.69) is 61.8 Å². The Morgan fingerprint density at radius 3 is 2.80 bits per heavy atom. The first-order valence-corrected chi connectivity index (χ1v) is 8.07. The number of ether oxygens (including phenoxy) is 1. The Bertz CT molecular complexity index is 522. The molecule has 108 valence electrons. The van der Waals surface area contributed by atoms with E-state index in [0.717, 1.165) is 25.3 Å². The molecule has 0 saturated carbocycles. The molecule has 20 heavy (non-hydrogen) atoms. The van der Waals surface area contributed by atoms with E-state index < -0.39 is 0 Å². The Hall–Kier alpha value is -1.32. The van der Waals surface area contributed by atoms with Crippen molar-refractivity contribution in [1.82, 2.24) is 5.32 Å². The number of rotatable bonds is 7. The highest BCUT2D eigenvalue weighted by Crippen LogP contribution is 2.23. The molecular formula is C17H23NOS. The standard InChI is InChI=1S/C17H23NOS/c1-4-18-14(3)15-7-8-17(13(2)12-15)19-10-9-16-6-5-11-20-16/h5-8,11-12,14,18H,4,9-10H2,1-3H3. The van der Waals surface area contributed by atoms with Gasteiger partial charge in [0, 0.05) is 17.3 Å². The number of benzene rings is 1. The molecule has 2 aromatic rings. The second kappa shape index (κ2) is 7.46. The second-order valence-corrected chi connectivity index (χ2v) is 6.01. The van der Waals surface area contributed by atoms with Gasteiger partial charge in [-0.2, -0.15) is 0 Å². The van der Waals surface area contributed by atoms with Crippen LogP contribution in [0.4, 0.5) is 0 Å². The molecular weight excluding hydrogens is 266 g/mol. The van der Waals surface area contributed by atoms with E-state index >= 15 is 0 Å². The van der Waals surface area contributed by atoms with Gasteiger partial charge in [-0.1, -0.05) is 25.1 Å². The summed E-state index contributed by atoms with van der Waals surface area (Å²) in [5.74, 6) is 0.994. The van der Waals surface area contributed by atoms with E-state index in [-0.39, 0.29) is 0 Å². The minimum Gasteiger partial charge on any atom is -0.493 e. The maximum Gasteiger partial charge on any atom is 0.122 e. The van der Waals surface area contributed by atoms with Gasteiger partial charge in [0.05, 0.1) is 6.61 Å². The largest absolute Gasteiger partial charge is 0.493 e. The van der Waals surface area contributed by atoms with Crippen LogP contribution in [0.1, 0.15) is 35.9 Å². The van der Waals surface area contributed by atoms with Gasteiger partial charge >= 0.3 is 0 Å². The van der Waals surface area contributed by atoms with Crippen molar-refractivity contribution in [2.24, 2.45) is 0 Å². The van der Waals surface area contributed by atoms with Crippen molar-refractivity contribution in [3.63, 3.8) is 0 Å². The quantitative estimate of drug-likeness (QED) is 0.818. The zero-order valence-corrected chi connectivity index (χ0v) is 13.3. The maximum atomic E-state index is 5.89. The Balaban J connectivity index is 1.92. The first kappa shape index (κ1) is 15.1. The first-order valence-electron chi connectivity index (χ1n) is 7.19. The lowest BCUT2D eigenvalue weighted by molar-refractivity contribution is 0.320. The highest BCUT2D eigenvalue weighted by Gasteiger charge is 2.07. The summed E-state index contributed by atoms with van der Waals surface area (Å²) in [5.41, 5.74) is 2.52. The Morgan fingerprint density at radius 1 is 1.30 bits per heavy atom. The third kappa shape index (κ3) is 4.09. The molecule has 1 unspecified atom stereocenters. The Morgan fingerprint density at radius 2 is 2.15 bits per heavy atom. The van der Waals surface area contributed by atoms with Crippen molar-refractivity contribution in [1.29, 1.82) is 0 Å². The number of nitrogens with one attached hydrogen (secondary N) is 1. The van der Waals surface area contributed by atoms with Gasteiger partial charge in [-0.25, -0.2) is 0 Å². The molecule has 0 aliphatic carbocycles. The van der Waals surface area contributed by atoms with Gasteiger partial charge in [-0.05, 0) is 49.0 Å². The normalized spacial score (nSPS) is 12.3. The van der Waals surface area contributed by atoms with Crippen molar-refractivity contribution in [2.75, 3.05) is 13.2 Å². The molecule has 0 aliphatic rings. The Kier molecular flexibility index (Phi) is 5.62. The maximum absolute atomic E-state index is 5.89. The van der Waals surface area contributed by atoms with Crippen molar-refractivity contribution in [3.05, 3.63) is 51.7 Å². The van der Waals surface area contributed by atoms with E-state index in [0.29, 0.717) is 6.04 Å². The zero-order valence-electron chi connectivity index (χ0n) is 12.5. The molecule has 0 spiro atoms. The third-order valence-corrected chi connectivity index (χ3v) is 4.33. The van der Waals surface area contributed by atoms with E-state index in [9.17, 15) is 0 Å². The SMILES string of the molecule is CCNC(C)c1ccc(OCCc2cccs2)c(C)c1. The third-order valence-electron chi connectivity index (χ3n) is 3.40. The van der Waals surface area contributed by atoms with Crippen LogP contribution in [0, 0.1) is 6.92 Å². The molecule has 0 radical (unpaired) electrons. The smallest absolute Gasteiger partial charge is 0.122 e. The van der Waals surface area contributed by atoms with Crippen molar-refractivity contribution < 1.29 is 4.74 Å². The van der Waals surface area contributed by atoms with Crippen LogP contribution in [0.5, 0.6) is 5.75 Å². The van der Waals surface area contributed by atoms with Gasteiger partial charge < -0.3 is 10.1 Å². The summed E-state index contributed by atoms with van der Waals surface area (Å²) in [6, 6.07) is 11.1. The van der Waals surface area contributed by atoms with Gasteiger partial charge in [0.1, 0.15) is 5.75 Å². The molecule has 2 nitrogen and oxygen atoms in total. The van der Waals surface area contributed by atoms with Crippen LogP contribution < -0.4 is 10.1 Å². The second-order valence-electron chi connectivity index (χ2n) is 4.98. The number of aryl methyl sites for hydroxylation is 1. The molecule has 3 heteroatoms. The minimum atomic E-state index is 0.388. The van der Waals surface area contributed by atoms with Gasteiger partial charge in [-0.15, -0.1) is 11.3 Å². The van der Waals surface area contributed by atoms with Crippen molar-refractivity contribution in [2.45, 2.75) is 33.2 Å². The van der Waals surface area contributed by atoms with E-state index in [1.165, 1.54) is 16.0 Å². The molecule has 1 N–H and O–H groups in total. The monoisotopic (exact) mass is 289 g/mol. The van der Waals surface area contributed by atoms with Gasteiger partial charge in [0.15, 0.2) is 0 Å². The summed E-state index contributed by atoms with van der Waals surface area (Å²) in [5, 5.41) is 5.54. The first-order chi connectivity index (χ1) is 9.70. The fraction of sp³-hybridized carbons (Fsp3) is 0.412. The molecule has 1 aromatic heterocycles. The van der Waals surface area contributed by atoms with Crippen molar-refractivity contribution in [3.8, 4) is 5.75 Å². The molecule has 2 rings (SSSR count). The molecule has 1 heterocycles. The average molecular weight is 289 g/mol. The predicted octanol–water partition coefficient (Wildman–Crippen LogP) is 4.35. The van der Waals surface area contributed by atoms with Gasteiger partial charge in [0.2, 0.25) is 0 Å². The fourth-order valence-electron chi connectivity index (χ4n) is 2.24. The molecule has 0 saturated heterocycles. The molecule has 0 aliphatic heterocycles. The van der Waals surface area contributed by atoms with E-state index in [1.54, 1.807) is 11.3 Å². The van der Waals surface area contributed by atoms with Gasteiger partial charge in [0.25, 0.3) is 0 Å². The van der Waals surface area contributed by atoms with E-state index in [1.807, 2.05) is 0 Å². The molecule has 0 fully saturated rings. The summed E-state index contributed by atoms with van der Waals surface area (Å²) < 4.78 is 5.89. The Labute approximate surface area is 125 Å². The molecule has 0 amide bonds.